The van der Waals surface area contributed by atoms with Crippen LogP contribution in [0.25, 0.3) is 0 Å². The van der Waals surface area contributed by atoms with Gasteiger partial charge in [-0.1, -0.05) is 25.1 Å². The fourth-order valence-electron chi connectivity index (χ4n) is 1.85. The molecule has 0 spiro atoms. The molecule has 6 nitrogen and oxygen atoms in total. The van der Waals surface area contributed by atoms with Crippen LogP contribution in [0, 0.1) is 5.82 Å². The fraction of sp³-hybridized carbons (Fsp3) is 0.417. The molecule has 1 aromatic rings. The highest BCUT2D eigenvalue weighted by Gasteiger charge is 2.36. The number of hydrogen-bond acceptors (Lipinski definition) is 4. The quantitative estimate of drug-likeness (QED) is 0.320. The van der Waals surface area contributed by atoms with Crippen LogP contribution in [0.1, 0.15) is 26.7 Å². The Balaban J connectivity index is 3.23. The van der Waals surface area contributed by atoms with E-state index < -0.39 is 21.4 Å². The molecule has 0 amide bonds. The van der Waals surface area contributed by atoms with Crippen LogP contribution in [0.5, 0.6) is 0 Å². The van der Waals surface area contributed by atoms with E-state index >= 15 is 0 Å². The summed E-state index contributed by atoms with van der Waals surface area (Å²) < 4.78 is 40.1. The molecular weight excluding hydrogens is 285 g/mol. The van der Waals surface area contributed by atoms with Gasteiger partial charge in [-0.05, 0) is 31.0 Å². The number of nitrogens with two attached hydrogens (primary N) is 1. The number of amidine groups is 1. The van der Waals surface area contributed by atoms with Gasteiger partial charge >= 0.3 is 0 Å². The maximum atomic E-state index is 13.1. The molecule has 0 heterocycles. The maximum absolute atomic E-state index is 13.1. The van der Waals surface area contributed by atoms with Crippen molar-refractivity contribution in [2.45, 2.75) is 37.1 Å². The van der Waals surface area contributed by atoms with E-state index in [1.54, 1.807) is 13.8 Å². The number of nitrogens with zero attached hydrogens (tertiary/aromatic N) is 1. The molecule has 0 saturated carbocycles. The van der Waals surface area contributed by atoms with E-state index in [1.165, 1.54) is 12.1 Å². The number of benzene rings is 1. The Kier molecular flexibility index (Phi) is 5.07. The second-order valence-electron chi connectivity index (χ2n) is 4.34. The summed E-state index contributed by atoms with van der Waals surface area (Å²) in [5.74, 6) is -0.891. The molecule has 20 heavy (non-hydrogen) atoms. The van der Waals surface area contributed by atoms with E-state index in [1.807, 2.05) is 0 Å². The number of rotatable bonds is 6. The Hall–Kier alpha value is -1.67. The predicted octanol–water partition coefficient (Wildman–Crippen LogP) is 1.41. The van der Waals surface area contributed by atoms with Crippen molar-refractivity contribution in [3.63, 3.8) is 0 Å². The molecule has 0 aliphatic heterocycles. The molecule has 112 valence electrons. The first-order chi connectivity index (χ1) is 9.31. The summed E-state index contributed by atoms with van der Waals surface area (Å²) in [7, 11) is -3.98. The van der Waals surface area contributed by atoms with Crippen molar-refractivity contribution in [2.75, 3.05) is 0 Å². The van der Waals surface area contributed by atoms with E-state index in [2.05, 4.69) is 9.88 Å². The summed E-state index contributed by atoms with van der Waals surface area (Å²) in [4.78, 5) is -0.213. The lowest BCUT2D eigenvalue weighted by molar-refractivity contribution is 0.307. The van der Waals surface area contributed by atoms with Crippen LogP contribution >= 0.6 is 0 Å². The van der Waals surface area contributed by atoms with Gasteiger partial charge in [0, 0.05) is 0 Å². The lowest BCUT2D eigenvalue weighted by Gasteiger charge is -2.30. The van der Waals surface area contributed by atoms with Crippen LogP contribution < -0.4 is 10.5 Å². The number of nitrogens with one attached hydrogen (secondary N) is 1. The number of sulfonamides is 1. The third kappa shape index (κ3) is 3.26. The van der Waals surface area contributed by atoms with Crippen molar-refractivity contribution >= 4 is 15.9 Å². The third-order valence-corrected chi connectivity index (χ3v) is 4.78. The molecule has 0 saturated heterocycles. The SMILES string of the molecule is CCC(CC)(NS(=O)(=O)c1cccc(F)c1)/C(N)=N/O. The lowest BCUT2D eigenvalue weighted by Crippen LogP contribution is -2.56. The number of hydrogen-bond donors (Lipinski definition) is 3. The Morgan fingerprint density at radius 1 is 1.45 bits per heavy atom. The van der Waals surface area contributed by atoms with Crippen LogP contribution in [-0.2, 0) is 10.0 Å². The van der Waals surface area contributed by atoms with E-state index in [0.717, 1.165) is 12.1 Å². The average molecular weight is 303 g/mol. The second kappa shape index (κ2) is 6.19. The Morgan fingerprint density at radius 2 is 2.05 bits per heavy atom. The number of halogens is 1. The zero-order valence-corrected chi connectivity index (χ0v) is 12.1. The number of oxime groups is 1. The molecular formula is C12H18FN3O3S. The summed E-state index contributed by atoms with van der Waals surface area (Å²) in [6.45, 7) is 3.41. The molecule has 4 N–H and O–H groups in total. The third-order valence-electron chi connectivity index (χ3n) is 3.24. The van der Waals surface area contributed by atoms with E-state index in [4.69, 9.17) is 10.9 Å². The summed E-state index contributed by atoms with van der Waals surface area (Å²) in [6.07, 6.45) is 0.571. The van der Waals surface area contributed by atoms with Crippen LogP contribution in [0.2, 0.25) is 0 Å². The van der Waals surface area contributed by atoms with Crippen molar-refractivity contribution in [2.24, 2.45) is 10.9 Å². The first-order valence-electron chi connectivity index (χ1n) is 6.09. The van der Waals surface area contributed by atoms with Gasteiger partial charge in [-0.25, -0.2) is 12.8 Å². The van der Waals surface area contributed by atoms with Gasteiger partial charge in [0.1, 0.15) is 5.82 Å². The smallest absolute Gasteiger partial charge is 0.241 e. The topological polar surface area (TPSA) is 105 Å². The van der Waals surface area contributed by atoms with Crippen LogP contribution in [0.4, 0.5) is 4.39 Å². The fourth-order valence-corrected chi connectivity index (χ4v) is 3.41. The zero-order valence-electron chi connectivity index (χ0n) is 11.3. The van der Waals surface area contributed by atoms with Crippen LogP contribution in [-0.4, -0.2) is 25.0 Å². The van der Waals surface area contributed by atoms with Gasteiger partial charge in [0.15, 0.2) is 5.84 Å². The summed E-state index contributed by atoms with van der Waals surface area (Å²) >= 11 is 0. The Morgan fingerprint density at radius 3 is 2.50 bits per heavy atom. The second-order valence-corrected chi connectivity index (χ2v) is 6.02. The first kappa shape index (κ1) is 16.4. The van der Waals surface area contributed by atoms with Crippen molar-refractivity contribution in [3.05, 3.63) is 30.1 Å². The Bertz CT molecular complexity index is 598. The van der Waals surface area contributed by atoms with E-state index in [9.17, 15) is 12.8 Å². The molecule has 0 atom stereocenters. The van der Waals surface area contributed by atoms with Crippen molar-refractivity contribution in [1.29, 1.82) is 0 Å². The van der Waals surface area contributed by atoms with E-state index in [0.29, 0.717) is 0 Å². The zero-order chi connectivity index (χ0) is 15.4. The summed E-state index contributed by atoms with van der Waals surface area (Å²) in [5.41, 5.74) is 4.38. The molecule has 0 aliphatic rings. The average Bonchev–Trinajstić information content (AvgIpc) is 2.44. The van der Waals surface area contributed by atoms with Gasteiger partial charge in [-0.2, -0.15) is 4.72 Å². The minimum Gasteiger partial charge on any atom is -0.409 e. The molecule has 0 aromatic heterocycles. The van der Waals surface area contributed by atoms with Gasteiger partial charge in [-0.15, -0.1) is 0 Å². The molecule has 0 aliphatic carbocycles. The maximum Gasteiger partial charge on any atom is 0.241 e. The highest BCUT2D eigenvalue weighted by atomic mass is 32.2. The predicted molar refractivity (Wildman–Crippen MR) is 73.4 cm³/mol. The van der Waals surface area contributed by atoms with Crippen molar-refractivity contribution < 1.29 is 18.0 Å². The van der Waals surface area contributed by atoms with Gasteiger partial charge in [0.05, 0.1) is 10.4 Å². The van der Waals surface area contributed by atoms with Crippen molar-refractivity contribution in [1.82, 2.24) is 4.72 Å². The van der Waals surface area contributed by atoms with Gasteiger partial charge in [-0.3, -0.25) is 0 Å². The molecule has 0 unspecified atom stereocenters. The molecule has 8 heteroatoms. The minimum atomic E-state index is -3.98. The summed E-state index contributed by atoms with van der Waals surface area (Å²) in [5, 5.41) is 11.7. The lowest BCUT2D eigenvalue weighted by atomic mass is 9.93. The largest absolute Gasteiger partial charge is 0.409 e. The highest BCUT2D eigenvalue weighted by Crippen LogP contribution is 2.20. The first-order valence-corrected chi connectivity index (χ1v) is 7.57. The highest BCUT2D eigenvalue weighted by molar-refractivity contribution is 7.89. The monoisotopic (exact) mass is 303 g/mol. The summed E-state index contributed by atoms with van der Waals surface area (Å²) in [6, 6.07) is 4.63. The van der Waals surface area contributed by atoms with Crippen LogP contribution in [0.15, 0.2) is 34.3 Å². The van der Waals surface area contributed by atoms with Gasteiger partial charge < -0.3 is 10.9 Å². The van der Waals surface area contributed by atoms with E-state index in [-0.39, 0.29) is 23.6 Å². The molecule has 0 fully saturated rings. The van der Waals surface area contributed by atoms with Gasteiger partial charge in [0.2, 0.25) is 10.0 Å². The molecule has 1 rings (SSSR count). The van der Waals surface area contributed by atoms with Gasteiger partial charge in [0.25, 0.3) is 0 Å². The molecule has 0 radical (unpaired) electrons. The minimum absolute atomic E-state index is 0.213. The normalized spacial score (nSPS) is 13.4. The standard InChI is InChI=1S/C12H18FN3O3S/c1-3-12(4-2,11(14)15-17)16-20(18,19)10-7-5-6-9(13)8-10/h5-8,16-17H,3-4H2,1-2H3,(H2,14,15). The van der Waals surface area contributed by atoms with Crippen molar-refractivity contribution in [3.8, 4) is 0 Å². The Labute approximate surface area is 117 Å². The van der Waals surface area contributed by atoms with Crippen LogP contribution in [0.3, 0.4) is 0 Å². The molecule has 0 bridgehead atoms. The molecule has 1 aromatic carbocycles.